The third-order valence-corrected chi connectivity index (χ3v) is 2.78. The van der Waals surface area contributed by atoms with Gasteiger partial charge in [-0.05, 0) is 37.6 Å². The van der Waals surface area contributed by atoms with E-state index in [4.69, 9.17) is 9.47 Å². The van der Waals surface area contributed by atoms with E-state index in [1.807, 2.05) is 32.0 Å². The van der Waals surface area contributed by atoms with Crippen molar-refractivity contribution in [3.05, 3.63) is 23.8 Å². The highest BCUT2D eigenvalue weighted by molar-refractivity contribution is 5.84. The Labute approximate surface area is 114 Å². The van der Waals surface area contributed by atoms with Crippen LogP contribution in [0, 0.1) is 6.92 Å². The maximum atomic E-state index is 11.8. The van der Waals surface area contributed by atoms with Crippen molar-refractivity contribution in [3.8, 4) is 5.75 Å². The third-order valence-electron chi connectivity index (χ3n) is 2.78. The standard InChI is InChI=1S/C14H22N2O3/c1-10-9-12(5-6-13(10)19-4)16-11(2)14(17)15-7-8-18-3/h5-6,9,11,16H,7-8H2,1-4H3,(H,15,17). The van der Waals surface area contributed by atoms with Crippen LogP contribution in [-0.2, 0) is 9.53 Å². The van der Waals surface area contributed by atoms with Crippen LogP contribution < -0.4 is 15.4 Å². The monoisotopic (exact) mass is 266 g/mol. The fourth-order valence-electron chi connectivity index (χ4n) is 1.71. The van der Waals surface area contributed by atoms with Gasteiger partial charge in [0.25, 0.3) is 0 Å². The Hall–Kier alpha value is -1.75. The van der Waals surface area contributed by atoms with Crippen LogP contribution in [0.25, 0.3) is 0 Å². The Morgan fingerprint density at radius 1 is 1.37 bits per heavy atom. The molecule has 0 aliphatic heterocycles. The zero-order chi connectivity index (χ0) is 14.3. The van der Waals surface area contributed by atoms with Gasteiger partial charge in [0.1, 0.15) is 11.8 Å². The molecule has 0 aromatic heterocycles. The van der Waals surface area contributed by atoms with E-state index in [0.29, 0.717) is 13.2 Å². The first-order chi connectivity index (χ1) is 9.08. The van der Waals surface area contributed by atoms with Crippen molar-refractivity contribution in [2.75, 3.05) is 32.7 Å². The normalized spacial score (nSPS) is 11.8. The first kappa shape index (κ1) is 15.3. The molecule has 1 amide bonds. The van der Waals surface area contributed by atoms with Crippen molar-refractivity contribution >= 4 is 11.6 Å². The number of nitrogens with one attached hydrogen (secondary N) is 2. The summed E-state index contributed by atoms with van der Waals surface area (Å²) in [5.41, 5.74) is 1.92. The second-order valence-corrected chi connectivity index (χ2v) is 4.33. The van der Waals surface area contributed by atoms with Crippen molar-refractivity contribution in [2.45, 2.75) is 19.9 Å². The van der Waals surface area contributed by atoms with Gasteiger partial charge in [-0.3, -0.25) is 4.79 Å². The van der Waals surface area contributed by atoms with Gasteiger partial charge >= 0.3 is 0 Å². The number of carbonyl (C=O) groups is 1. The fraction of sp³-hybridized carbons (Fsp3) is 0.500. The van der Waals surface area contributed by atoms with Gasteiger partial charge in [-0.1, -0.05) is 0 Å². The molecule has 5 heteroatoms. The van der Waals surface area contributed by atoms with Gasteiger partial charge in [-0.25, -0.2) is 0 Å². The summed E-state index contributed by atoms with van der Waals surface area (Å²) in [4.78, 5) is 11.8. The highest BCUT2D eigenvalue weighted by Crippen LogP contribution is 2.21. The van der Waals surface area contributed by atoms with E-state index >= 15 is 0 Å². The van der Waals surface area contributed by atoms with Crippen molar-refractivity contribution in [1.82, 2.24) is 5.32 Å². The molecular weight excluding hydrogens is 244 g/mol. The second kappa shape index (κ2) is 7.63. The molecule has 1 rings (SSSR count). The molecule has 1 unspecified atom stereocenters. The molecule has 0 spiro atoms. The fourth-order valence-corrected chi connectivity index (χ4v) is 1.71. The van der Waals surface area contributed by atoms with E-state index in [-0.39, 0.29) is 11.9 Å². The average Bonchev–Trinajstić information content (AvgIpc) is 2.39. The highest BCUT2D eigenvalue weighted by Gasteiger charge is 2.12. The molecule has 0 aliphatic carbocycles. The van der Waals surface area contributed by atoms with Gasteiger partial charge in [-0.2, -0.15) is 0 Å². The van der Waals surface area contributed by atoms with E-state index in [9.17, 15) is 4.79 Å². The minimum atomic E-state index is -0.301. The zero-order valence-electron chi connectivity index (χ0n) is 11.9. The molecule has 0 bridgehead atoms. The zero-order valence-corrected chi connectivity index (χ0v) is 11.9. The number of ether oxygens (including phenoxy) is 2. The van der Waals surface area contributed by atoms with Crippen LogP contribution in [0.4, 0.5) is 5.69 Å². The van der Waals surface area contributed by atoms with Crippen LogP contribution >= 0.6 is 0 Å². The first-order valence-electron chi connectivity index (χ1n) is 6.26. The number of benzene rings is 1. The Morgan fingerprint density at radius 2 is 2.11 bits per heavy atom. The topological polar surface area (TPSA) is 59.6 Å². The lowest BCUT2D eigenvalue weighted by atomic mass is 10.2. The van der Waals surface area contributed by atoms with E-state index in [1.165, 1.54) is 0 Å². The third kappa shape index (κ3) is 4.79. The van der Waals surface area contributed by atoms with Crippen LogP contribution in [0.2, 0.25) is 0 Å². The molecular formula is C14H22N2O3. The van der Waals surface area contributed by atoms with Crippen LogP contribution in [-0.4, -0.2) is 39.3 Å². The van der Waals surface area contributed by atoms with Gasteiger partial charge in [0.15, 0.2) is 0 Å². The number of anilines is 1. The van der Waals surface area contributed by atoms with E-state index < -0.39 is 0 Å². The number of methoxy groups -OCH3 is 2. The summed E-state index contributed by atoms with van der Waals surface area (Å²) >= 11 is 0. The van der Waals surface area contributed by atoms with Crippen molar-refractivity contribution in [2.24, 2.45) is 0 Å². The summed E-state index contributed by atoms with van der Waals surface area (Å²) in [6.45, 7) is 4.82. The smallest absolute Gasteiger partial charge is 0.242 e. The molecule has 0 saturated carbocycles. The van der Waals surface area contributed by atoms with Gasteiger partial charge < -0.3 is 20.1 Å². The summed E-state index contributed by atoms with van der Waals surface area (Å²) in [5, 5.41) is 5.94. The Balaban J connectivity index is 2.54. The maximum absolute atomic E-state index is 11.8. The number of rotatable bonds is 7. The molecule has 106 valence electrons. The van der Waals surface area contributed by atoms with E-state index in [1.54, 1.807) is 14.2 Å². The van der Waals surface area contributed by atoms with E-state index in [0.717, 1.165) is 17.0 Å². The number of aryl methyl sites for hydroxylation is 1. The molecule has 1 aromatic carbocycles. The minimum Gasteiger partial charge on any atom is -0.496 e. The van der Waals surface area contributed by atoms with Crippen LogP contribution in [0.15, 0.2) is 18.2 Å². The lowest BCUT2D eigenvalue weighted by Crippen LogP contribution is -2.39. The molecule has 0 saturated heterocycles. The SMILES string of the molecule is COCCNC(=O)C(C)Nc1ccc(OC)c(C)c1. The number of carbonyl (C=O) groups excluding carboxylic acids is 1. The maximum Gasteiger partial charge on any atom is 0.242 e. The van der Waals surface area contributed by atoms with Crippen molar-refractivity contribution in [3.63, 3.8) is 0 Å². The number of amides is 1. The molecule has 2 N–H and O–H groups in total. The van der Waals surface area contributed by atoms with Crippen LogP contribution in [0.3, 0.4) is 0 Å². The second-order valence-electron chi connectivity index (χ2n) is 4.33. The van der Waals surface area contributed by atoms with Gasteiger partial charge in [0.05, 0.1) is 13.7 Å². The molecule has 0 fully saturated rings. The predicted octanol–water partition coefficient (Wildman–Crippen LogP) is 1.57. The Morgan fingerprint density at radius 3 is 2.68 bits per heavy atom. The number of hydrogen-bond acceptors (Lipinski definition) is 4. The summed E-state index contributed by atoms with van der Waals surface area (Å²) in [6, 6.07) is 5.43. The summed E-state index contributed by atoms with van der Waals surface area (Å²) in [5.74, 6) is 0.785. The minimum absolute atomic E-state index is 0.0504. The van der Waals surface area contributed by atoms with E-state index in [2.05, 4.69) is 10.6 Å². The number of hydrogen-bond donors (Lipinski definition) is 2. The predicted molar refractivity (Wildman–Crippen MR) is 75.7 cm³/mol. The van der Waals surface area contributed by atoms with Crippen molar-refractivity contribution < 1.29 is 14.3 Å². The molecule has 0 heterocycles. The lowest BCUT2D eigenvalue weighted by Gasteiger charge is -2.16. The van der Waals surface area contributed by atoms with Crippen molar-refractivity contribution in [1.29, 1.82) is 0 Å². The molecule has 0 radical (unpaired) electrons. The highest BCUT2D eigenvalue weighted by atomic mass is 16.5. The molecule has 1 atom stereocenters. The summed E-state index contributed by atoms with van der Waals surface area (Å²) < 4.78 is 10.1. The first-order valence-corrected chi connectivity index (χ1v) is 6.26. The van der Waals surface area contributed by atoms with Gasteiger partial charge in [-0.15, -0.1) is 0 Å². The van der Waals surface area contributed by atoms with Gasteiger partial charge in [0, 0.05) is 19.3 Å². The summed E-state index contributed by atoms with van der Waals surface area (Å²) in [7, 11) is 3.25. The van der Waals surface area contributed by atoms with Crippen LogP contribution in [0.1, 0.15) is 12.5 Å². The molecule has 0 aliphatic rings. The molecule has 19 heavy (non-hydrogen) atoms. The molecule has 1 aromatic rings. The Kier molecular flexibility index (Phi) is 6.15. The Bertz CT molecular complexity index is 421. The summed E-state index contributed by atoms with van der Waals surface area (Å²) in [6.07, 6.45) is 0. The quantitative estimate of drug-likeness (QED) is 0.735. The molecule has 5 nitrogen and oxygen atoms in total. The lowest BCUT2D eigenvalue weighted by molar-refractivity contribution is -0.121. The van der Waals surface area contributed by atoms with Crippen LogP contribution in [0.5, 0.6) is 5.75 Å². The average molecular weight is 266 g/mol. The largest absolute Gasteiger partial charge is 0.496 e. The van der Waals surface area contributed by atoms with Gasteiger partial charge in [0.2, 0.25) is 5.91 Å².